The molecular formula is C20H26N2O6. The van der Waals surface area contributed by atoms with E-state index in [2.05, 4.69) is 5.32 Å². The van der Waals surface area contributed by atoms with Crippen LogP contribution in [0.3, 0.4) is 0 Å². The molecule has 1 N–H and O–H groups in total. The number of nitrogens with one attached hydrogen (secondary N) is 1. The Kier molecular flexibility index (Phi) is 7.28. The smallest absolute Gasteiger partial charge is 0.338 e. The van der Waals surface area contributed by atoms with E-state index in [9.17, 15) is 19.2 Å². The first kappa shape index (κ1) is 21.6. The van der Waals surface area contributed by atoms with Gasteiger partial charge in [0.1, 0.15) is 0 Å². The van der Waals surface area contributed by atoms with Crippen LogP contribution in [0.2, 0.25) is 0 Å². The van der Waals surface area contributed by atoms with Crippen LogP contribution in [-0.2, 0) is 14.3 Å². The number of methoxy groups -OCH3 is 1. The number of hydrogen-bond acceptors (Lipinski definition) is 6. The lowest BCUT2D eigenvalue weighted by molar-refractivity contribution is -0.129. The Bertz CT molecular complexity index is 774. The van der Waals surface area contributed by atoms with Crippen LogP contribution in [-0.4, -0.2) is 61.5 Å². The summed E-state index contributed by atoms with van der Waals surface area (Å²) in [6.45, 7) is 6.55. The number of carbonyl (C=O) groups excluding carboxylic acids is 4. The first-order chi connectivity index (χ1) is 13.3. The molecule has 0 unspecified atom stereocenters. The summed E-state index contributed by atoms with van der Waals surface area (Å²) in [5.74, 6) is -1.68. The van der Waals surface area contributed by atoms with E-state index in [-0.39, 0.29) is 29.2 Å². The van der Waals surface area contributed by atoms with Crippen molar-refractivity contribution >= 4 is 23.7 Å². The van der Waals surface area contributed by atoms with Gasteiger partial charge in [0.05, 0.1) is 16.7 Å². The van der Waals surface area contributed by atoms with Crippen LogP contribution in [0.15, 0.2) is 18.2 Å². The third kappa shape index (κ3) is 4.95. The maximum atomic E-state index is 12.5. The van der Waals surface area contributed by atoms with Crippen molar-refractivity contribution in [1.82, 2.24) is 10.2 Å². The normalized spacial score (nSPS) is 14.2. The number of nitrogens with zero attached hydrogens (tertiary/aromatic N) is 1. The second-order valence-corrected chi connectivity index (χ2v) is 7.06. The average Bonchev–Trinajstić information content (AvgIpc) is 2.90. The van der Waals surface area contributed by atoms with Gasteiger partial charge in [-0.2, -0.15) is 0 Å². The van der Waals surface area contributed by atoms with Crippen molar-refractivity contribution < 1.29 is 28.7 Å². The van der Waals surface area contributed by atoms with Crippen LogP contribution in [0.1, 0.15) is 58.3 Å². The SMILES string of the molecule is COCCCN1C(=O)c2ccc(C(=O)O[C@@H](C)C(=O)NCC(C)C)cc2C1=O. The molecule has 1 atom stereocenters. The Balaban J connectivity index is 2.06. The monoisotopic (exact) mass is 390 g/mol. The van der Waals surface area contributed by atoms with Gasteiger partial charge < -0.3 is 14.8 Å². The highest BCUT2D eigenvalue weighted by atomic mass is 16.5. The lowest BCUT2D eigenvalue weighted by atomic mass is 10.1. The van der Waals surface area contributed by atoms with E-state index in [1.807, 2.05) is 13.8 Å². The van der Waals surface area contributed by atoms with Crippen LogP contribution >= 0.6 is 0 Å². The Hall–Kier alpha value is -2.74. The molecule has 2 rings (SSSR count). The maximum Gasteiger partial charge on any atom is 0.338 e. The molecule has 1 heterocycles. The van der Waals surface area contributed by atoms with E-state index in [1.54, 1.807) is 7.11 Å². The molecule has 1 aromatic rings. The number of fused-ring (bicyclic) bond motifs is 1. The van der Waals surface area contributed by atoms with Gasteiger partial charge in [-0.25, -0.2) is 4.79 Å². The van der Waals surface area contributed by atoms with Gasteiger partial charge in [-0.05, 0) is 37.5 Å². The van der Waals surface area contributed by atoms with Crippen LogP contribution in [0, 0.1) is 5.92 Å². The molecule has 0 aromatic heterocycles. The number of amides is 3. The lowest BCUT2D eigenvalue weighted by Crippen LogP contribution is -2.37. The van der Waals surface area contributed by atoms with Crippen molar-refractivity contribution in [2.24, 2.45) is 5.92 Å². The fraction of sp³-hybridized carbons (Fsp3) is 0.500. The molecule has 1 aromatic carbocycles. The first-order valence-corrected chi connectivity index (χ1v) is 9.24. The molecule has 8 nitrogen and oxygen atoms in total. The van der Waals surface area contributed by atoms with Crippen LogP contribution < -0.4 is 5.32 Å². The van der Waals surface area contributed by atoms with Crippen molar-refractivity contribution in [1.29, 1.82) is 0 Å². The molecule has 1 aliphatic heterocycles. The molecule has 8 heteroatoms. The predicted octanol–water partition coefficient (Wildman–Crippen LogP) is 1.64. The Labute approximate surface area is 164 Å². The fourth-order valence-electron chi connectivity index (χ4n) is 2.72. The minimum atomic E-state index is -0.970. The lowest BCUT2D eigenvalue weighted by Gasteiger charge is -2.14. The molecule has 0 radical (unpaired) electrons. The van der Waals surface area contributed by atoms with E-state index >= 15 is 0 Å². The number of carbonyl (C=O) groups is 4. The van der Waals surface area contributed by atoms with E-state index in [1.165, 1.54) is 25.1 Å². The Morgan fingerprint density at radius 2 is 1.79 bits per heavy atom. The van der Waals surface area contributed by atoms with Crippen molar-refractivity contribution in [3.63, 3.8) is 0 Å². The Morgan fingerprint density at radius 1 is 1.11 bits per heavy atom. The number of ether oxygens (including phenoxy) is 2. The van der Waals surface area contributed by atoms with Gasteiger partial charge in [-0.3, -0.25) is 19.3 Å². The summed E-state index contributed by atoms with van der Waals surface area (Å²) in [5.41, 5.74) is 0.526. The molecule has 0 fully saturated rings. The molecule has 28 heavy (non-hydrogen) atoms. The number of esters is 1. The van der Waals surface area contributed by atoms with Crippen LogP contribution in [0.25, 0.3) is 0 Å². The zero-order valence-corrected chi connectivity index (χ0v) is 16.6. The van der Waals surface area contributed by atoms with Gasteiger partial charge in [0.25, 0.3) is 17.7 Å². The summed E-state index contributed by atoms with van der Waals surface area (Å²) in [4.78, 5) is 50.3. The highest BCUT2D eigenvalue weighted by molar-refractivity contribution is 6.22. The standard InChI is InChI=1S/C20H26N2O6/c1-12(2)11-21-17(23)13(3)28-20(26)14-6-7-15-16(10-14)19(25)22(18(15)24)8-5-9-27-4/h6-7,10,12-13H,5,8-9,11H2,1-4H3,(H,21,23)/t13-/m0/s1. The van der Waals surface area contributed by atoms with Crippen molar-refractivity contribution in [2.75, 3.05) is 26.8 Å². The second-order valence-electron chi connectivity index (χ2n) is 7.06. The molecule has 1 aliphatic rings. The number of imide groups is 1. The highest BCUT2D eigenvalue weighted by Crippen LogP contribution is 2.24. The number of benzene rings is 1. The first-order valence-electron chi connectivity index (χ1n) is 9.24. The number of rotatable bonds is 9. The minimum Gasteiger partial charge on any atom is -0.449 e. The Morgan fingerprint density at radius 3 is 2.43 bits per heavy atom. The molecule has 0 aliphatic carbocycles. The van der Waals surface area contributed by atoms with Crippen molar-refractivity contribution in [3.8, 4) is 0 Å². The molecule has 3 amide bonds. The van der Waals surface area contributed by atoms with Crippen LogP contribution in [0.4, 0.5) is 0 Å². The summed E-state index contributed by atoms with van der Waals surface area (Å²) >= 11 is 0. The highest BCUT2D eigenvalue weighted by Gasteiger charge is 2.35. The van der Waals surface area contributed by atoms with E-state index < -0.39 is 29.8 Å². The van der Waals surface area contributed by atoms with Gasteiger partial charge in [0.2, 0.25) is 0 Å². The zero-order chi connectivity index (χ0) is 20.8. The van der Waals surface area contributed by atoms with Crippen molar-refractivity contribution in [3.05, 3.63) is 34.9 Å². The third-order valence-corrected chi connectivity index (χ3v) is 4.27. The molecule has 0 saturated heterocycles. The second kappa shape index (κ2) is 9.45. The molecule has 152 valence electrons. The topological polar surface area (TPSA) is 102 Å². The molecule has 0 saturated carbocycles. The summed E-state index contributed by atoms with van der Waals surface area (Å²) in [7, 11) is 1.55. The van der Waals surface area contributed by atoms with Gasteiger partial charge >= 0.3 is 5.97 Å². The summed E-state index contributed by atoms with van der Waals surface area (Å²) in [5, 5.41) is 2.69. The van der Waals surface area contributed by atoms with E-state index in [4.69, 9.17) is 9.47 Å². The molecule has 0 bridgehead atoms. The van der Waals surface area contributed by atoms with Gasteiger partial charge in [0, 0.05) is 26.8 Å². The summed E-state index contributed by atoms with van der Waals surface area (Å²) in [6, 6.07) is 4.20. The van der Waals surface area contributed by atoms with Crippen LogP contribution in [0.5, 0.6) is 0 Å². The summed E-state index contributed by atoms with van der Waals surface area (Å²) in [6.07, 6.45) is -0.442. The van der Waals surface area contributed by atoms with Gasteiger partial charge in [0.15, 0.2) is 6.10 Å². The van der Waals surface area contributed by atoms with Crippen molar-refractivity contribution in [2.45, 2.75) is 33.3 Å². The quantitative estimate of drug-likeness (QED) is 0.391. The predicted molar refractivity (Wildman–Crippen MR) is 101 cm³/mol. The van der Waals surface area contributed by atoms with Gasteiger partial charge in [-0.15, -0.1) is 0 Å². The third-order valence-electron chi connectivity index (χ3n) is 4.27. The molecular weight excluding hydrogens is 364 g/mol. The minimum absolute atomic E-state index is 0.113. The van der Waals surface area contributed by atoms with Gasteiger partial charge in [-0.1, -0.05) is 13.8 Å². The fourth-order valence-corrected chi connectivity index (χ4v) is 2.72. The number of hydrogen-bond donors (Lipinski definition) is 1. The largest absolute Gasteiger partial charge is 0.449 e. The zero-order valence-electron chi connectivity index (χ0n) is 16.6. The molecule has 0 spiro atoms. The maximum absolute atomic E-state index is 12.5. The van der Waals surface area contributed by atoms with E-state index in [0.717, 1.165) is 4.90 Å². The van der Waals surface area contributed by atoms with E-state index in [0.29, 0.717) is 19.6 Å². The average molecular weight is 390 g/mol. The summed E-state index contributed by atoms with van der Waals surface area (Å²) < 4.78 is 10.1.